The number of rotatable bonds is 7. The van der Waals surface area contributed by atoms with Gasteiger partial charge in [-0.25, -0.2) is 4.98 Å². The molecule has 0 saturated heterocycles. The molecule has 1 N–H and O–H groups in total. The van der Waals surface area contributed by atoms with Crippen LogP contribution in [0.5, 0.6) is 11.6 Å². The summed E-state index contributed by atoms with van der Waals surface area (Å²) in [6, 6.07) is 7.30. The number of carbonyl (C=O) groups excluding carboxylic acids is 1. The van der Waals surface area contributed by atoms with E-state index in [1.807, 2.05) is 37.3 Å². The van der Waals surface area contributed by atoms with Gasteiger partial charge < -0.3 is 10.1 Å². The van der Waals surface area contributed by atoms with Gasteiger partial charge in [0.05, 0.1) is 10.0 Å². The Hall–Kier alpha value is -2.04. The van der Waals surface area contributed by atoms with E-state index in [0.29, 0.717) is 21.7 Å². The van der Waals surface area contributed by atoms with Gasteiger partial charge >= 0.3 is 0 Å². The van der Waals surface area contributed by atoms with Gasteiger partial charge in [0.2, 0.25) is 11.8 Å². The first-order valence-electron chi connectivity index (χ1n) is 8.46. The molecule has 138 valence electrons. The lowest BCUT2D eigenvalue weighted by molar-refractivity contribution is -0.119. The molecule has 0 unspecified atom stereocenters. The van der Waals surface area contributed by atoms with Crippen LogP contribution < -0.4 is 10.1 Å². The van der Waals surface area contributed by atoms with Crippen LogP contribution in [0.25, 0.3) is 6.08 Å². The Balaban J connectivity index is 2.08. The smallest absolute Gasteiger partial charge is 0.219 e. The van der Waals surface area contributed by atoms with E-state index in [-0.39, 0.29) is 11.9 Å². The van der Waals surface area contributed by atoms with Crippen molar-refractivity contribution in [1.82, 2.24) is 10.3 Å². The lowest BCUT2D eigenvalue weighted by Gasteiger charge is -2.11. The van der Waals surface area contributed by atoms with Gasteiger partial charge in [-0.2, -0.15) is 0 Å². The van der Waals surface area contributed by atoms with Crippen molar-refractivity contribution < 1.29 is 9.53 Å². The van der Waals surface area contributed by atoms with Crippen LogP contribution in [0.1, 0.15) is 38.3 Å². The number of hydrogen-bond donors (Lipinski definition) is 1. The molecule has 2 rings (SSSR count). The highest BCUT2D eigenvalue weighted by molar-refractivity contribution is 6.37. The molecule has 0 spiro atoms. The number of nitrogens with zero attached hydrogens (tertiary/aromatic N) is 1. The highest BCUT2D eigenvalue weighted by atomic mass is 35.5. The maximum Gasteiger partial charge on any atom is 0.219 e. The fraction of sp³-hybridized carbons (Fsp3) is 0.300. The summed E-state index contributed by atoms with van der Waals surface area (Å²) in [4.78, 5) is 15.3. The fourth-order valence-electron chi connectivity index (χ4n) is 2.42. The quantitative estimate of drug-likeness (QED) is 0.659. The number of amides is 1. The molecule has 0 saturated carbocycles. The van der Waals surface area contributed by atoms with Crippen molar-refractivity contribution in [3.8, 4) is 11.6 Å². The Kier molecular flexibility index (Phi) is 7.49. The number of pyridine rings is 1. The minimum atomic E-state index is -0.0669. The van der Waals surface area contributed by atoms with Gasteiger partial charge in [0, 0.05) is 25.2 Å². The number of halogens is 2. The minimum Gasteiger partial charge on any atom is -0.436 e. The first kappa shape index (κ1) is 20.3. The van der Waals surface area contributed by atoms with Crippen LogP contribution in [0.2, 0.25) is 10.0 Å². The predicted molar refractivity (Wildman–Crippen MR) is 107 cm³/mol. The lowest BCUT2D eigenvalue weighted by atomic mass is 10.1. The average Bonchev–Trinajstić information content (AvgIpc) is 2.57. The van der Waals surface area contributed by atoms with E-state index in [0.717, 1.165) is 24.0 Å². The number of nitrogens with one attached hydrogen (secondary N) is 1. The molecule has 1 heterocycles. The fourth-order valence-corrected chi connectivity index (χ4v) is 3.03. The zero-order chi connectivity index (χ0) is 19.1. The Labute approximate surface area is 164 Å². The van der Waals surface area contributed by atoms with Crippen LogP contribution in [0.15, 0.2) is 36.5 Å². The molecule has 0 aliphatic heterocycles. The van der Waals surface area contributed by atoms with E-state index in [1.165, 1.54) is 6.92 Å². The summed E-state index contributed by atoms with van der Waals surface area (Å²) in [5.74, 6) is 0.745. The Bertz CT molecular complexity index is 766. The number of aryl methyl sites for hydroxylation is 1. The van der Waals surface area contributed by atoms with E-state index >= 15 is 0 Å². The Morgan fingerprint density at radius 3 is 2.54 bits per heavy atom. The summed E-state index contributed by atoms with van der Waals surface area (Å²) in [5.41, 5.74) is 1.97. The summed E-state index contributed by atoms with van der Waals surface area (Å²) in [7, 11) is 0. The van der Waals surface area contributed by atoms with Crippen LogP contribution in [-0.2, 0) is 11.2 Å². The third-order valence-corrected chi connectivity index (χ3v) is 4.13. The maximum atomic E-state index is 11.0. The molecular formula is C20H22Cl2N2O2. The molecule has 0 aliphatic carbocycles. The molecule has 0 bridgehead atoms. The molecule has 1 amide bonds. The summed E-state index contributed by atoms with van der Waals surface area (Å²) < 4.78 is 5.75. The number of benzene rings is 1. The van der Waals surface area contributed by atoms with Crippen molar-refractivity contribution in [2.75, 3.05) is 0 Å². The van der Waals surface area contributed by atoms with Crippen LogP contribution in [0, 0.1) is 0 Å². The van der Waals surface area contributed by atoms with Gasteiger partial charge in [-0.05, 0) is 42.7 Å². The highest BCUT2D eigenvalue weighted by Gasteiger charge is 2.11. The van der Waals surface area contributed by atoms with Crippen molar-refractivity contribution in [3.63, 3.8) is 0 Å². The SMILES string of the molecule is CCCc1cc(Cl)c(Oc2ccc(/C=C/[C@H](C)NC(C)=O)cn2)c(Cl)c1. The monoisotopic (exact) mass is 392 g/mol. The van der Waals surface area contributed by atoms with Gasteiger partial charge in [0.15, 0.2) is 5.75 Å². The van der Waals surface area contributed by atoms with Gasteiger partial charge in [0.25, 0.3) is 0 Å². The highest BCUT2D eigenvalue weighted by Crippen LogP contribution is 2.37. The Morgan fingerprint density at radius 1 is 1.31 bits per heavy atom. The number of hydrogen-bond acceptors (Lipinski definition) is 3. The first-order valence-corrected chi connectivity index (χ1v) is 9.21. The standard InChI is InChI=1S/C20H22Cl2N2O2/c1-4-5-16-10-17(21)20(18(22)11-16)26-19-9-8-15(12-23-19)7-6-13(2)24-14(3)25/h6-13H,4-5H2,1-3H3,(H,24,25)/b7-6+/t13-/m0/s1. The first-order chi connectivity index (χ1) is 12.4. The minimum absolute atomic E-state index is 0.0531. The molecule has 6 heteroatoms. The lowest BCUT2D eigenvalue weighted by Crippen LogP contribution is -2.28. The molecule has 1 aromatic heterocycles. The summed E-state index contributed by atoms with van der Waals surface area (Å²) >= 11 is 12.6. The third-order valence-electron chi connectivity index (χ3n) is 3.57. The van der Waals surface area contributed by atoms with Gasteiger partial charge in [-0.1, -0.05) is 48.7 Å². The molecular weight excluding hydrogens is 371 g/mol. The molecule has 1 atom stereocenters. The molecule has 0 fully saturated rings. The number of carbonyl (C=O) groups is 1. The van der Waals surface area contributed by atoms with Gasteiger partial charge in [-0.3, -0.25) is 4.79 Å². The number of ether oxygens (including phenoxy) is 1. The molecule has 2 aromatic rings. The second-order valence-electron chi connectivity index (χ2n) is 6.02. The van der Waals surface area contributed by atoms with E-state index < -0.39 is 0 Å². The second-order valence-corrected chi connectivity index (χ2v) is 6.83. The predicted octanol–water partition coefficient (Wildman–Crippen LogP) is 5.67. The van der Waals surface area contributed by atoms with Crippen molar-refractivity contribution in [2.24, 2.45) is 0 Å². The molecule has 1 aromatic carbocycles. The zero-order valence-corrected chi connectivity index (χ0v) is 16.6. The van der Waals surface area contributed by atoms with E-state index in [2.05, 4.69) is 17.2 Å². The van der Waals surface area contributed by atoms with Crippen LogP contribution in [0.3, 0.4) is 0 Å². The topological polar surface area (TPSA) is 51.2 Å². The zero-order valence-electron chi connectivity index (χ0n) is 15.1. The molecule has 26 heavy (non-hydrogen) atoms. The Morgan fingerprint density at radius 2 is 2.00 bits per heavy atom. The summed E-state index contributed by atoms with van der Waals surface area (Å²) in [6.45, 7) is 5.49. The van der Waals surface area contributed by atoms with Crippen LogP contribution in [0.4, 0.5) is 0 Å². The normalized spacial score (nSPS) is 12.2. The van der Waals surface area contributed by atoms with E-state index in [1.54, 1.807) is 12.3 Å². The molecule has 4 nitrogen and oxygen atoms in total. The number of aromatic nitrogens is 1. The maximum absolute atomic E-state index is 11.0. The van der Waals surface area contributed by atoms with E-state index in [9.17, 15) is 4.79 Å². The van der Waals surface area contributed by atoms with Crippen molar-refractivity contribution >= 4 is 35.2 Å². The molecule has 0 radical (unpaired) electrons. The van der Waals surface area contributed by atoms with Crippen molar-refractivity contribution in [3.05, 3.63) is 57.7 Å². The summed E-state index contributed by atoms with van der Waals surface area (Å²) in [5, 5.41) is 3.72. The van der Waals surface area contributed by atoms with Gasteiger partial charge in [-0.15, -0.1) is 0 Å². The van der Waals surface area contributed by atoms with Crippen LogP contribution >= 0.6 is 23.2 Å². The second kappa shape index (κ2) is 9.60. The van der Waals surface area contributed by atoms with Crippen LogP contribution in [-0.4, -0.2) is 16.9 Å². The molecule has 0 aliphatic rings. The average molecular weight is 393 g/mol. The van der Waals surface area contributed by atoms with Crippen molar-refractivity contribution in [1.29, 1.82) is 0 Å². The summed E-state index contributed by atoms with van der Waals surface area (Å²) in [6.07, 6.45) is 7.38. The third kappa shape index (κ3) is 6.04. The largest absolute Gasteiger partial charge is 0.436 e. The van der Waals surface area contributed by atoms with Crippen molar-refractivity contribution in [2.45, 2.75) is 39.7 Å². The van der Waals surface area contributed by atoms with Gasteiger partial charge in [0.1, 0.15) is 0 Å². The van der Waals surface area contributed by atoms with E-state index in [4.69, 9.17) is 27.9 Å².